The Balaban J connectivity index is 1.47. The number of aromatic amines is 1. The highest BCUT2D eigenvalue weighted by Crippen LogP contribution is 2.12. The van der Waals surface area contributed by atoms with Crippen molar-refractivity contribution in [3.63, 3.8) is 0 Å². The highest BCUT2D eigenvalue weighted by Gasteiger charge is 2.11. The van der Waals surface area contributed by atoms with E-state index in [-0.39, 0.29) is 11.5 Å². The predicted octanol–water partition coefficient (Wildman–Crippen LogP) is 2.61. The van der Waals surface area contributed by atoms with Gasteiger partial charge in [0, 0.05) is 32.4 Å². The van der Waals surface area contributed by atoms with Gasteiger partial charge in [-0.05, 0) is 54.5 Å². The number of nitrogens with one attached hydrogen (secondary N) is 2. The summed E-state index contributed by atoms with van der Waals surface area (Å²) in [5.74, 6) is -0.240. The van der Waals surface area contributed by atoms with Crippen LogP contribution in [0.4, 0.5) is 0 Å². The summed E-state index contributed by atoms with van der Waals surface area (Å²) in [6, 6.07) is 12.6. The van der Waals surface area contributed by atoms with Gasteiger partial charge in [0.05, 0.1) is 16.6 Å². The van der Waals surface area contributed by atoms with E-state index in [1.165, 1.54) is 10.9 Å². The van der Waals surface area contributed by atoms with E-state index in [0.29, 0.717) is 47.4 Å². The number of carbonyl (C=O) groups is 1. The van der Waals surface area contributed by atoms with Crippen LogP contribution in [-0.2, 0) is 17.8 Å². The Morgan fingerprint density at radius 3 is 2.75 bits per heavy atom. The largest absolute Gasteiger partial charge is 0.385 e. The van der Waals surface area contributed by atoms with E-state index in [4.69, 9.17) is 17.0 Å². The maximum atomic E-state index is 12.8. The Bertz CT molecular complexity index is 1340. The normalized spacial score (nSPS) is 11.0. The lowest BCUT2D eigenvalue weighted by atomic mass is 10.1. The van der Waals surface area contributed by atoms with E-state index in [1.54, 1.807) is 36.3 Å². The number of methoxy groups -OCH3 is 1. The molecule has 0 saturated carbocycles. The number of carbonyl (C=O) groups excluding carboxylic acids is 1. The molecular weight excluding hydrogens is 428 g/mol. The molecule has 2 N–H and O–H groups in total. The summed E-state index contributed by atoms with van der Waals surface area (Å²) < 4.78 is 8.54. The van der Waals surface area contributed by atoms with Crippen LogP contribution in [0.1, 0.15) is 22.3 Å². The molecule has 0 fully saturated rings. The maximum absolute atomic E-state index is 12.8. The van der Waals surface area contributed by atoms with Crippen LogP contribution in [0.25, 0.3) is 16.6 Å². The first-order chi connectivity index (χ1) is 15.6. The minimum Gasteiger partial charge on any atom is -0.385 e. The molecule has 32 heavy (non-hydrogen) atoms. The number of hydrogen-bond donors (Lipinski definition) is 2. The molecule has 2 heterocycles. The van der Waals surface area contributed by atoms with E-state index >= 15 is 0 Å². The monoisotopic (exact) mass is 450 g/mol. The fourth-order valence-corrected chi connectivity index (χ4v) is 3.64. The van der Waals surface area contributed by atoms with Gasteiger partial charge in [0.1, 0.15) is 12.7 Å². The van der Waals surface area contributed by atoms with Gasteiger partial charge < -0.3 is 15.0 Å². The molecule has 0 aliphatic rings. The minimum absolute atomic E-state index is 0.181. The Kier molecular flexibility index (Phi) is 6.52. The van der Waals surface area contributed by atoms with Gasteiger partial charge in [-0.25, -0.2) is 9.67 Å². The van der Waals surface area contributed by atoms with E-state index in [2.05, 4.69) is 20.4 Å². The summed E-state index contributed by atoms with van der Waals surface area (Å²) >= 11 is 5.34. The molecule has 0 unspecified atom stereocenters. The summed E-state index contributed by atoms with van der Waals surface area (Å²) in [5, 5.41) is 7.47. The van der Waals surface area contributed by atoms with E-state index in [9.17, 15) is 9.59 Å². The first-order valence-corrected chi connectivity index (χ1v) is 10.5. The van der Waals surface area contributed by atoms with E-state index < -0.39 is 0 Å². The van der Waals surface area contributed by atoms with E-state index in [0.717, 1.165) is 11.3 Å². The second kappa shape index (κ2) is 9.67. The smallest absolute Gasteiger partial charge is 0.262 e. The Morgan fingerprint density at radius 1 is 1.22 bits per heavy atom. The molecule has 0 radical (unpaired) electrons. The third-order valence-corrected chi connectivity index (χ3v) is 5.37. The summed E-state index contributed by atoms with van der Waals surface area (Å²) in [6.45, 7) is 1.38. The quantitative estimate of drug-likeness (QED) is 0.316. The molecule has 0 atom stereocenters. The van der Waals surface area contributed by atoms with Crippen LogP contribution >= 0.6 is 12.2 Å². The first-order valence-electron chi connectivity index (χ1n) is 10.0. The molecule has 9 nitrogen and oxygen atoms in total. The van der Waals surface area contributed by atoms with Crippen molar-refractivity contribution in [1.82, 2.24) is 29.6 Å². The highest BCUT2D eigenvalue weighted by molar-refractivity contribution is 7.71. The second-order valence-electron chi connectivity index (χ2n) is 7.18. The van der Waals surface area contributed by atoms with Crippen LogP contribution in [0, 0.1) is 4.77 Å². The van der Waals surface area contributed by atoms with Gasteiger partial charge in [0.2, 0.25) is 0 Å². The van der Waals surface area contributed by atoms with Crippen molar-refractivity contribution >= 4 is 29.0 Å². The van der Waals surface area contributed by atoms with Gasteiger partial charge in [0.15, 0.2) is 4.77 Å². The fourth-order valence-electron chi connectivity index (χ4n) is 3.36. The predicted molar refractivity (Wildman–Crippen MR) is 122 cm³/mol. The standard InChI is InChI=1S/C22H22N6O3S/c1-31-10-2-9-27-21(30)18-8-5-16(11-19(18)26-22(27)32)20(29)24-12-15-3-6-17(7-4-15)28-14-23-13-25-28/h3-8,11,13-14H,2,9-10,12H2,1H3,(H,24,29)(H,26,32). The average molecular weight is 451 g/mol. The number of fused-ring (bicyclic) bond motifs is 1. The van der Waals surface area contributed by atoms with Gasteiger partial charge in [-0.2, -0.15) is 5.10 Å². The van der Waals surface area contributed by atoms with Crippen molar-refractivity contribution in [1.29, 1.82) is 0 Å². The summed E-state index contributed by atoms with van der Waals surface area (Å²) in [6.07, 6.45) is 3.77. The van der Waals surface area contributed by atoms with Crippen LogP contribution in [0.3, 0.4) is 0 Å². The molecule has 4 aromatic rings. The summed E-state index contributed by atoms with van der Waals surface area (Å²) in [5.41, 5.74) is 2.63. The number of ether oxygens (including phenoxy) is 1. The van der Waals surface area contributed by atoms with Crippen molar-refractivity contribution in [2.24, 2.45) is 0 Å². The van der Waals surface area contributed by atoms with Gasteiger partial charge in [-0.3, -0.25) is 14.2 Å². The first kappa shape index (κ1) is 21.6. The van der Waals surface area contributed by atoms with E-state index in [1.807, 2.05) is 24.3 Å². The second-order valence-corrected chi connectivity index (χ2v) is 7.57. The summed E-state index contributed by atoms with van der Waals surface area (Å²) in [4.78, 5) is 32.4. The Hall–Kier alpha value is -3.63. The van der Waals surface area contributed by atoms with Gasteiger partial charge in [-0.15, -0.1) is 0 Å². The zero-order valence-corrected chi connectivity index (χ0v) is 18.3. The van der Waals surface area contributed by atoms with Gasteiger partial charge >= 0.3 is 0 Å². The molecule has 2 aromatic carbocycles. The number of aromatic nitrogens is 5. The zero-order chi connectivity index (χ0) is 22.5. The lowest BCUT2D eigenvalue weighted by Gasteiger charge is -2.10. The molecule has 0 aliphatic heterocycles. The number of rotatable bonds is 8. The molecule has 0 spiro atoms. The highest BCUT2D eigenvalue weighted by atomic mass is 32.1. The van der Waals surface area contributed by atoms with Crippen LogP contribution in [0.5, 0.6) is 0 Å². The van der Waals surface area contributed by atoms with Crippen molar-refractivity contribution in [2.75, 3.05) is 13.7 Å². The van der Waals surface area contributed by atoms with Crippen LogP contribution in [0.2, 0.25) is 0 Å². The SMILES string of the molecule is COCCCn1c(=S)[nH]c2cc(C(=O)NCc3ccc(-n4cncn4)cc3)ccc2c1=O. The summed E-state index contributed by atoms with van der Waals surface area (Å²) in [7, 11) is 1.62. The number of benzene rings is 2. The number of hydrogen-bond acceptors (Lipinski definition) is 6. The topological polar surface area (TPSA) is 107 Å². The van der Waals surface area contributed by atoms with Crippen molar-refractivity contribution in [3.05, 3.63) is 81.4 Å². The molecule has 10 heteroatoms. The minimum atomic E-state index is -0.240. The van der Waals surface area contributed by atoms with Crippen LogP contribution in [0.15, 0.2) is 59.9 Å². The molecule has 1 amide bonds. The van der Waals surface area contributed by atoms with Gasteiger partial charge in [0.25, 0.3) is 11.5 Å². The van der Waals surface area contributed by atoms with Crippen molar-refractivity contribution in [2.45, 2.75) is 19.5 Å². The number of nitrogens with zero attached hydrogens (tertiary/aromatic N) is 4. The molecule has 0 saturated heterocycles. The van der Waals surface area contributed by atoms with Crippen LogP contribution < -0.4 is 10.9 Å². The third kappa shape index (κ3) is 4.66. The maximum Gasteiger partial charge on any atom is 0.262 e. The average Bonchev–Trinajstić information content (AvgIpc) is 3.34. The zero-order valence-electron chi connectivity index (χ0n) is 17.4. The molecule has 0 aliphatic carbocycles. The number of H-pyrrole nitrogens is 1. The molecule has 0 bridgehead atoms. The molecule has 164 valence electrons. The van der Waals surface area contributed by atoms with Gasteiger partial charge in [-0.1, -0.05) is 12.1 Å². The lowest BCUT2D eigenvalue weighted by Crippen LogP contribution is -2.24. The third-order valence-electron chi connectivity index (χ3n) is 5.05. The fraction of sp³-hybridized carbons (Fsp3) is 0.227. The Morgan fingerprint density at radius 2 is 2.03 bits per heavy atom. The molecule has 2 aromatic heterocycles. The van der Waals surface area contributed by atoms with Crippen molar-refractivity contribution < 1.29 is 9.53 Å². The van der Waals surface area contributed by atoms with Crippen molar-refractivity contribution in [3.8, 4) is 5.69 Å². The molecule has 4 rings (SSSR count). The van der Waals surface area contributed by atoms with Crippen LogP contribution in [-0.4, -0.2) is 43.9 Å². The lowest BCUT2D eigenvalue weighted by molar-refractivity contribution is 0.0951. The molecular formula is C22H22N6O3S. The number of amides is 1. The Labute approximate surface area is 188 Å².